The maximum Gasteiger partial charge on any atom is 0.404 e. The van der Waals surface area contributed by atoms with Gasteiger partial charge in [-0.2, -0.15) is 5.26 Å². The summed E-state index contributed by atoms with van der Waals surface area (Å²) in [5.74, 6) is 0.508. The summed E-state index contributed by atoms with van der Waals surface area (Å²) in [5, 5.41) is 24.1. The lowest BCUT2D eigenvalue weighted by molar-refractivity contribution is 0.192. The molecular formula is C19H19ClN8O3. The number of rotatable bonds is 6. The van der Waals surface area contributed by atoms with Gasteiger partial charge in [0.2, 0.25) is 0 Å². The number of nitrogens with zero attached hydrogens (tertiary/aromatic N) is 5. The molecule has 12 heteroatoms. The van der Waals surface area contributed by atoms with Gasteiger partial charge in [-0.1, -0.05) is 17.7 Å². The summed E-state index contributed by atoms with van der Waals surface area (Å²) in [6, 6.07) is 5.68. The quantitative estimate of drug-likeness (QED) is 0.446. The molecule has 2 atom stereocenters. The van der Waals surface area contributed by atoms with E-state index < -0.39 is 23.7 Å². The van der Waals surface area contributed by atoms with Crippen LogP contribution in [0.25, 0.3) is 10.9 Å². The van der Waals surface area contributed by atoms with E-state index in [2.05, 4.69) is 25.6 Å². The molecule has 0 bridgehead atoms. The Kier molecular flexibility index (Phi) is 6.22. The molecule has 0 aliphatic carbocycles. The molecule has 3 rings (SSSR count). The van der Waals surface area contributed by atoms with Crippen molar-refractivity contribution < 1.29 is 9.90 Å². The van der Waals surface area contributed by atoms with Crippen LogP contribution in [0.2, 0.25) is 5.02 Å². The van der Waals surface area contributed by atoms with E-state index in [0.29, 0.717) is 11.3 Å². The van der Waals surface area contributed by atoms with Crippen molar-refractivity contribution in [2.24, 2.45) is 0 Å². The maximum atomic E-state index is 13.3. The minimum Gasteiger partial charge on any atom is -0.465 e. The van der Waals surface area contributed by atoms with Crippen molar-refractivity contribution in [3.63, 3.8) is 0 Å². The van der Waals surface area contributed by atoms with E-state index in [1.54, 1.807) is 32.0 Å². The number of nitrogens with two attached hydrogens (primary N) is 1. The predicted molar refractivity (Wildman–Crippen MR) is 115 cm³/mol. The lowest BCUT2D eigenvalue weighted by Crippen LogP contribution is -2.36. The number of nitrogens with one attached hydrogen (secondary N) is 2. The second-order valence-corrected chi connectivity index (χ2v) is 7.18. The summed E-state index contributed by atoms with van der Waals surface area (Å²) >= 11 is 6.24. The Morgan fingerprint density at radius 2 is 2.13 bits per heavy atom. The molecule has 0 saturated heterocycles. The fourth-order valence-corrected chi connectivity index (χ4v) is 3.42. The van der Waals surface area contributed by atoms with Gasteiger partial charge in [-0.15, -0.1) is 0 Å². The summed E-state index contributed by atoms with van der Waals surface area (Å²) < 4.78 is 1.37. The highest BCUT2D eigenvalue weighted by Gasteiger charge is 2.23. The van der Waals surface area contributed by atoms with Crippen molar-refractivity contribution in [2.75, 3.05) is 17.6 Å². The summed E-state index contributed by atoms with van der Waals surface area (Å²) in [7, 11) is 0. The van der Waals surface area contributed by atoms with Crippen LogP contribution in [0.5, 0.6) is 0 Å². The fourth-order valence-electron chi connectivity index (χ4n) is 3.17. The highest BCUT2D eigenvalue weighted by Crippen LogP contribution is 2.25. The Bertz CT molecular complexity index is 1250. The molecule has 0 aliphatic rings. The van der Waals surface area contributed by atoms with Gasteiger partial charge in [0.25, 0.3) is 5.56 Å². The van der Waals surface area contributed by atoms with Crippen LogP contribution < -0.4 is 21.9 Å². The second kappa shape index (κ2) is 8.85. The first-order valence-corrected chi connectivity index (χ1v) is 9.57. The van der Waals surface area contributed by atoms with Crippen molar-refractivity contribution in [3.8, 4) is 6.07 Å². The minimum atomic E-state index is -1.21. The molecule has 0 fully saturated rings. The van der Waals surface area contributed by atoms with Crippen molar-refractivity contribution in [2.45, 2.75) is 25.9 Å². The molecule has 11 nitrogen and oxygen atoms in total. The van der Waals surface area contributed by atoms with Crippen molar-refractivity contribution in [3.05, 3.63) is 51.3 Å². The molecule has 0 aliphatic heterocycles. The number of benzene rings is 1. The molecule has 31 heavy (non-hydrogen) atoms. The van der Waals surface area contributed by atoms with Crippen LogP contribution in [0.1, 0.15) is 37.3 Å². The first kappa shape index (κ1) is 21.8. The Morgan fingerprint density at radius 1 is 1.39 bits per heavy atom. The normalized spacial score (nSPS) is 12.7. The number of hydrogen-bond acceptors (Lipinski definition) is 8. The highest BCUT2D eigenvalue weighted by molar-refractivity contribution is 6.35. The Morgan fingerprint density at radius 3 is 2.81 bits per heavy atom. The summed E-state index contributed by atoms with van der Waals surface area (Å²) in [6.45, 7) is 3.38. The molecule has 160 valence electrons. The molecule has 2 heterocycles. The van der Waals surface area contributed by atoms with Crippen LogP contribution in [-0.4, -0.2) is 37.3 Å². The van der Waals surface area contributed by atoms with E-state index in [1.807, 2.05) is 6.07 Å². The Balaban J connectivity index is 2.15. The molecule has 1 amide bonds. The highest BCUT2D eigenvalue weighted by atomic mass is 35.5. The average molecular weight is 443 g/mol. The van der Waals surface area contributed by atoms with Gasteiger partial charge in [0.15, 0.2) is 0 Å². The van der Waals surface area contributed by atoms with Gasteiger partial charge in [-0.3, -0.25) is 9.36 Å². The Hall–Kier alpha value is -3.91. The number of carboxylic acid groups (broad SMARTS) is 1. The lowest BCUT2D eigenvalue weighted by Gasteiger charge is -2.24. The maximum absolute atomic E-state index is 13.3. The van der Waals surface area contributed by atoms with Crippen molar-refractivity contribution >= 4 is 40.2 Å². The van der Waals surface area contributed by atoms with Gasteiger partial charge >= 0.3 is 6.09 Å². The Labute approximate surface area is 181 Å². The van der Waals surface area contributed by atoms with Crippen LogP contribution >= 0.6 is 11.6 Å². The molecule has 1 unspecified atom stereocenters. The smallest absolute Gasteiger partial charge is 0.404 e. The largest absolute Gasteiger partial charge is 0.465 e. The third-order valence-electron chi connectivity index (χ3n) is 4.62. The first-order chi connectivity index (χ1) is 14.7. The molecule has 2 aromatic heterocycles. The van der Waals surface area contributed by atoms with Gasteiger partial charge in [0.1, 0.15) is 35.4 Å². The third-order valence-corrected chi connectivity index (χ3v) is 4.94. The van der Waals surface area contributed by atoms with E-state index in [0.717, 1.165) is 0 Å². The number of carbonyl (C=O) groups is 1. The first-order valence-electron chi connectivity index (χ1n) is 9.19. The lowest BCUT2D eigenvalue weighted by atomic mass is 10.2. The SMILES string of the molecule is CC(CNC(=O)O)n1c([C@H](C)Nc2ncnc(N)c2C#N)nc2cccc(Cl)c2c1=O. The number of fused-ring (bicyclic) bond motifs is 1. The van der Waals surface area contributed by atoms with E-state index in [1.165, 1.54) is 10.9 Å². The topological polar surface area (TPSA) is 172 Å². The second-order valence-electron chi connectivity index (χ2n) is 6.77. The standard InChI is InChI=1S/C19H19ClN8O3/c1-9(7-23-19(30)31)28-17(27-13-5-3-4-12(20)14(13)18(28)29)10(2)26-16-11(6-21)15(22)24-8-25-16/h3-5,8-10,23H,7H2,1-2H3,(H,30,31)(H3,22,24,25,26)/t9?,10-/m0/s1. The van der Waals surface area contributed by atoms with Gasteiger partial charge in [0.05, 0.1) is 28.0 Å². The molecule has 5 N–H and O–H groups in total. The number of anilines is 2. The number of aromatic nitrogens is 4. The van der Waals surface area contributed by atoms with Crippen LogP contribution in [0.3, 0.4) is 0 Å². The average Bonchev–Trinajstić information content (AvgIpc) is 2.72. The van der Waals surface area contributed by atoms with Crippen molar-refractivity contribution in [1.82, 2.24) is 24.8 Å². The molecule has 0 spiro atoms. The van der Waals surface area contributed by atoms with Gasteiger partial charge in [-0.25, -0.2) is 19.7 Å². The molecule has 0 saturated carbocycles. The monoisotopic (exact) mass is 442 g/mol. The van der Waals surface area contributed by atoms with E-state index in [9.17, 15) is 14.9 Å². The van der Waals surface area contributed by atoms with Crippen LogP contribution in [0.4, 0.5) is 16.4 Å². The van der Waals surface area contributed by atoms with Gasteiger partial charge < -0.3 is 21.5 Å². The summed E-state index contributed by atoms with van der Waals surface area (Å²) in [5.41, 5.74) is 5.78. The third kappa shape index (κ3) is 4.34. The van der Waals surface area contributed by atoms with Gasteiger partial charge in [-0.05, 0) is 26.0 Å². The van der Waals surface area contributed by atoms with Crippen LogP contribution in [-0.2, 0) is 0 Å². The van der Waals surface area contributed by atoms with E-state index >= 15 is 0 Å². The van der Waals surface area contributed by atoms with E-state index in [4.69, 9.17) is 22.4 Å². The molecule has 3 aromatic rings. The summed E-state index contributed by atoms with van der Waals surface area (Å²) in [4.78, 5) is 36.7. The zero-order chi connectivity index (χ0) is 22.7. The number of amides is 1. The molecule has 1 aromatic carbocycles. The number of nitriles is 1. The number of hydrogen-bond donors (Lipinski definition) is 4. The zero-order valence-corrected chi connectivity index (χ0v) is 17.4. The van der Waals surface area contributed by atoms with Crippen LogP contribution in [0.15, 0.2) is 29.3 Å². The number of halogens is 1. The summed E-state index contributed by atoms with van der Waals surface area (Å²) in [6.07, 6.45) is 0.000196. The molecular weight excluding hydrogens is 424 g/mol. The molecule has 0 radical (unpaired) electrons. The van der Waals surface area contributed by atoms with Crippen molar-refractivity contribution in [1.29, 1.82) is 5.26 Å². The zero-order valence-electron chi connectivity index (χ0n) is 16.6. The van der Waals surface area contributed by atoms with E-state index in [-0.39, 0.29) is 34.2 Å². The predicted octanol–water partition coefficient (Wildman–Crippen LogP) is 2.30. The minimum absolute atomic E-state index is 0.0156. The van der Waals surface area contributed by atoms with Crippen LogP contribution in [0, 0.1) is 11.3 Å². The number of nitrogen functional groups attached to an aromatic ring is 1. The van der Waals surface area contributed by atoms with Gasteiger partial charge in [0, 0.05) is 6.54 Å². The fraction of sp³-hybridized carbons (Fsp3) is 0.263.